The van der Waals surface area contributed by atoms with Crippen LogP contribution in [0.1, 0.15) is 23.0 Å². The molecule has 0 atom stereocenters. The summed E-state index contributed by atoms with van der Waals surface area (Å²) in [7, 11) is -4.01. The summed E-state index contributed by atoms with van der Waals surface area (Å²) in [6, 6.07) is 23.6. The zero-order valence-corrected chi connectivity index (χ0v) is 19.9. The lowest BCUT2D eigenvalue weighted by molar-refractivity contribution is 0.0521. The molecule has 0 fully saturated rings. The molecule has 7 nitrogen and oxygen atoms in total. The number of carbonyl (C=O) groups is 1. The van der Waals surface area contributed by atoms with Crippen LogP contribution >= 0.6 is 11.6 Å². The molecular formula is C25H22ClN3O4S. The van der Waals surface area contributed by atoms with Gasteiger partial charge in [-0.3, -0.25) is 4.72 Å². The lowest BCUT2D eigenvalue weighted by Crippen LogP contribution is -2.19. The van der Waals surface area contributed by atoms with E-state index in [-0.39, 0.29) is 23.0 Å². The molecule has 4 aromatic rings. The van der Waals surface area contributed by atoms with Gasteiger partial charge in [-0.05, 0) is 47.9 Å². The van der Waals surface area contributed by atoms with Crippen molar-refractivity contribution in [2.45, 2.75) is 18.4 Å². The quantitative estimate of drug-likeness (QED) is 0.338. The highest BCUT2D eigenvalue weighted by atomic mass is 35.5. The molecule has 0 bridgehead atoms. The van der Waals surface area contributed by atoms with Crippen molar-refractivity contribution in [2.75, 3.05) is 11.3 Å². The van der Waals surface area contributed by atoms with Crippen molar-refractivity contribution in [3.05, 3.63) is 101 Å². The third-order valence-corrected chi connectivity index (χ3v) is 6.68. The molecule has 1 N–H and O–H groups in total. The summed E-state index contributed by atoms with van der Waals surface area (Å²) < 4.78 is 35.1. The maximum Gasteiger partial charge on any atom is 0.360 e. The molecule has 0 saturated heterocycles. The zero-order chi connectivity index (χ0) is 24.1. The van der Waals surface area contributed by atoms with Gasteiger partial charge in [0, 0.05) is 5.02 Å². The molecule has 0 unspecified atom stereocenters. The van der Waals surface area contributed by atoms with Crippen LogP contribution in [0.2, 0.25) is 5.02 Å². The fourth-order valence-electron chi connectivity index (χ4n) is 3.39. The van der Waals surface area contributed by atoms with Gasteiger partial charge in [-0.2, -0.15) is 0 Å². The Balaban J connectivity index is 1.65. The first-order valence-electron chi connectivity index (χ1n) is 10.5. The number of hydrogen-bond donors (Lipinski definition) is 1. The van der Waals surface area contributed by atoms with Crippen molar-refractivity contribution >= 4 is 33.4 Å². The van der Waals surface area contributed by atoms with Crippen molar-refractivity contribution < 1.29 is 17.9 Å². The number of anilines is 1. The van der Waals surface area contributed by atoms with Crippen LogP contribution in [0.5, 0.6) is 0 Å². The average molecular weight is 496 g/mol. The van der Waals surface area contributed by atoms with Crippen molar-refractivity contribution in [1.29, 1.82) is 0 Å². The Hall–Kier alpha value is -3.62. The monoisotopic (exact) mass is 495 g/mol. The molecule has 4 rings (SSSR count). The summed E-state index contributed by atoms with van der Waals surface area (Å²) in [6.07, 6.45) is 1.41. The highest BCUT2D eigenvalue weighted by Gasteiger charge is 2.25. The summed E-state index contributed by atoms with van der Waals surface area (Å²) in [5.41, 5.74) is 2.95. The van der Waals surface area contributed by atoms with Crippen molar-refractivity contribution in [2.24, 2.45) is 0 Å². The van der Waals surface area contributed by atoms with Gasteiger partial charge in [0.05, 0.1) is 24.4 Å². The predicted molar refractivity (Wildman–Crippen MR) is 131 cm³/mol. The molecule has 0 amide bonds. The van der Waals surface area contributed by atoms with Crippen LogP contribution in [0.4, 0.5) is 5.82 Å². The highest BCUT2D eigenvalue weighted by molar-refractivity contribution is 7.92. The molecule has 3 aromatic carbocycles. The van der Waals surface area contributed by atoms with Crippen LogP contribution < -0.4 is 4.72 Å². The minimum Gasteiger partial charge on any atom is -0.461 e. The Bertz CT molecular complexity index is 1380. The normalized spacial score (nSPS) is 11.2. The third kappa shape index (κ3) is 5.30. The standard InChI is InChI=1S/C25H22ClN3O4S/c1-2-33-25(30)23-24(28-34(31,32)22-14-12-21(26)13-15-22)29(17-27-23)16-18-8-10-20(11-9-18)19-6-4-3-5-7-19/h3-15,17,28H,2,16H2,1H3. The lowest BCUT2D eigenvalue weighted by atomic mass is 10.0. The molecule has 0 radical (unpaired) electrons. The van der Waals surface area contributed by atoms with Gasteiger partial charge >= 0.3 is 5.97 Å². The van der Waals surface area contributed by atoms with Gasteiger partial charge in [0.25, 0.3) is 10.0 Å². The SMILES string of the molecule is CCOC(=O)c1ncn(Cc2ccc(-c3ccccc3)cc2)c1NS(=O)(=O)c1ccc(Cl)cc1. The zero-order valence-electron chi connectivity index (χ0n) is 18.3. The van der Waals surface area contributed by atoms with Crippen LogP contribution in [0.15, 0.2) is 90.1 Å². The van der Waals surface area contributed by atoms with Crippen molar-refractivity contribution in [3.63, 3.8) is 0 Å². The van der Waals surface area contributed by atoms with Crippen molar-refractivity contribution in [3.8, 4) is 11.1 Å². The summed E-state index contributed by atoms with van der Waals surface area (Å²) in [6.45, 7) is 2.09. The van der Waals surface area contributed by atoms with Crippen LogP contribution in [-0.2, 0) is 21.3 Å². The first-order valence-corrected chi connectivity index (χ1v) is 12.4. The van der Waals surface area contributed by atoms with E-state index in [9.17, 15) is 13.2 Å². The Morgan fingerprint density at radius 1 is 0.971 bits per heavy atom. The Kier molecular flexibility index (Phi) is 7.00. The Morgan fingerprint density at radius 3 is 2.26 bits per heavy atom. The first-order chi connectivity index (χ1) is 16.4. The first kappa shape index (κ1) is 23.5. The number of nitrogens with zero attached hydrogens (tertiary/aromatic N) is 2. The van der Waals surface area contributed by atoms with Gasteiger partial charge in [0.1, 0.15) is 0 Å². The fourth-order valence-corrected chi connectivity index (χ4v) is 4.59. The van der Waals surface area contributed by atoms with E-state index in [0.29, 0.717) is 11.6 Å². The second kappa shape index (κ2) is 10.1. The molecule has 0 aliphatic rings. The number of hydrogen-bond acceptors (Lipinski definition) is 5. The summed E-state index contributed by atoms with van der Waals surface area (Å²) in [5.74, 6) is -0.685. The van der Waals surface area contributed by atoms with Crippen molar-refractivity contribution in [1.82, 2.24) is 9.55 Å². The van der Waals surface area contributed by atoms with Gasteiger partial charge in [-0.25, -0.2) is 18.2 Å². The van der Waals surface area contributed by atoms with Crippen LogP contribution in [0, 0.1) is 0 Å². The number of sulfonamides is 1. The highest BCUT2D eigenvalue weighted by Crippen LogP contribution is 2.24. The number of imidazole rings is 1. The molecule has 1 aromatic heterocycles. The smallest absolute Gasteiger partial charge is 0.360 e. The molecule has 1 heterocycles. The van der Waals surface area contributed by atoms with Gasteiger partial charge < -0.3 is 9.30 Å². The fraction of sp³-hybridized carbons (Fsp3) is 0.120. The summed E-state index contributed by atoms with van der Waals surface area (Å²) >= 11 is 5.88. The van der Waals surface area contributed by atoms with E-state index in [2.05, 4.69) is 9.71 Å². The number of nitrogens with one attached hydrogen (secondary N) is 1. The van der Waals surface area contributed by atoms with Gasteiger partial charge in [0.2, 0.25) is 0 Å². The van der Waals surface area contributed by atoms with E-state index in [1.807, 2.05) is 54.6 Å². The predicted octanol–water partition coefficient (Wildman–Crippen LogP) is 5.23. The molecule has 174 valence electrons. The number of halogens is 1. The third-order valence-electron chi connectivity index (χ3n) is 5.08. The molecule has 0 saturated carbocycles. The average Bonchev–Trinajstić information content (AvgIpc) is 3.22. The van der Waals surface area contributed by atoms with E-state index in [0.717, 1.165) is 16.7 Å². The Morgan fingerprint density at radius 2 is 1.62 bits per heavy atom. The molecule has 9 heteroatoms. The molecule has 0 aliphatic heterocycles. The van der Waals surface area contributed by atoms with Gasteiger partial charge in [-0.1, -0.05) is 66.2 Å². The minimum atomic E-state index is -4.01. The lowest BCUT2D eigenvalue weighted by Gasteiger charge is -2.13. The number of esters is 1. The number of ether oxygens (including phenoxy) is 1. The van der Waals surface area contributed by atoms with Gasteiger partial charge in [-0.15, -0.1) is 0 Å². The molecule has 34 heavy (non-hydrogen) atoms. The number of rotatable bonds is 8. The molecule has 0 aliphatic carbocycles. The van der Waals surface area contributed by atoms with Crippen LogP contribution in [-0.4, -0.2) is 30.5 Å². The summed E-state index contributed by atoms with van der Waals surface area (Å²) in [4.78, 5) is 16.6. The molecular weight excluding hydrogens is 474 g/mol. The number of aromatic nitrogens is 2. The van der Waals surface area contributed by atoms with Crippen LogP contribution in [0.25, 0.3) is 11.1 Å². The minimum absolute atomic E-state index is 0.00618. The summed E-state index contributed by atoms with van der Waals surface area (Å²) in [5, 5.41) is 0.412. The van der Waals surface area contributed by atoms with E-state index in [1.54, 1.807) is 11.5 Å². The van der Waals surface area contributed by atoms with Gasteiger partial charge in [0.15, 0.2) is 11.5 Å². The van der Waals surface area contributed by atoms with E-state index in [4.69, 9.17) is 16.3 Å². The molecule has 0 spiro atoms. The van der Waals surface area contributed by atoms with Crippen LogP contribution in [0.3, 0.4) is 0 Å². The van der Waals surface area contributed by atoms with E-state index >= 15 is 0 Å². The Labute approximate surface area is 203 Å². The topological polar surface area (TPSA) is 90.3 Å². The second-order valence-corrected chi connectivity index (χ2v) is 9.53. The largest absolute Gasteiger partial charge is 0.461 e. The number of carbonyl (C=O) groups excluding carboxylic acids is 1. The second-order valence-electron chi connectivity index (χ2n) is 7.41. The maximum atomic E-state index is 13.0. The van der Waals surface area contributed by atoms with E-state index < -0.39 is 16.0 Å². The number of benzene rings is 3. The maximum absolute atomic E-state index is 13.0. The van der Waals surface area contributed by atoms with E-state index in [1.165, 1.54) is 30.6 Å².